The van der Waals surface area contributed by atoms with Gasteiger partial charge in [-0.3, -0.25) is 0 Å². The van der Waals surface area contributed by atoms with E-state index in [1.54, 1.807) is 27.4 Å². The molecule has 0 bridgehead atoms. The molecular formula is C20H25O5P. The molecule has 1 atom stereocenters. The highest BCUT2D eigenvalue weighted by Gasteiger charge is 2.47. The number of methoxy groups -OCH3 is 3. The Morgan fingerprint density at radius 2 is 1.62 bits per heavy atom. The highest BCUT2D eigenvalue weighted by molar-refractivity contribution is 7.73. The van der Waals surface area contributed by atoms with Crippen molar-refractivity contribution in [3.05, 3.63) is 30.3 Å². The van der Waals surface area contributed by atoms with Crippen LogP contribution in [0.2, 0.25) is 0 Å². The number of benzene rings is 2. The monoisotopic (exact) mass is 376 g/mol. The number of fused-ring (bicyclic) bond motifs is 1. The number of ether oxygens (including phenoxy) is 4. The van der Waals surface area contributed by atoms with Gasteiger partial charge in [0, 0.05) is 16.8 Å². The van der Waals surface area contributed by atoms with E-state index in [1.165, 1.54) is 0 Å². The van der Waals surface area contributed by atoms with Crippen LogP contribution in [0.15, 0.2) is 30.3 Å². The van der Waals surface area contributed by atoms with Crippen molar-refractivity contribution in [2.45, 2.75) is 25.9 Å². The Morgan fingerprint density at radius 1 is 1.00 bits per heavy atom. The minimum Gasteiger partial charge on any atom is -0.497 e. The van der Waals surface area contributed by atoms with Crippen LogP contribution >= 0.6 is 7.14 Å². The SMILES string of the molecule is COc1cc2c(c(-c3c(OC)cccc3OC)c1)P(=O)(C(C)(C)C)CO2. The molecule has 1 heterocycles. The van der Waals surface area contributed by atoms with Gasteiger partial charge < -0.3 is 23.5 Å². The second-order valence-electron chi connectivity index (χ2n) is 7.24. The van der Waals surface area contributed by atoms with Crippen molar-refractivity contribution in [3.8, 4) is 34.1 Å². The fraction of sp³-hybridized carbons (Fsp3) is 0.400. The summed E-state index contributed by atoms with van der Waals surface area (Å²) < 4.78 is 36.5. The van der Waals surface area contributed by atoms with Crippen LogP contribution in [0.3, 0.4) is 0 Å². The van der Waals surface area contributed by atoms with Gasteiger partial charge >= 0.3 is 0 Å². The first kappa shape index (κ1) is 18.7. The molecule has 0 aliphatic carbocycles. The molecule has 0 saturated carbocycles. The van der Waals surface area contributed by atoms with E-state index in [4.69, 9.17) is 18.9 Å². The first-order valence-corrected chi connectivity index (χ1v) is 10.3. The third kappa shape index (κ3) is 2.75. The van der Waals surface area contributed by atoms with E-state index in [2.05, 4.69) is 0 Å². The maximum atomic E-state index is 14.0. The van der Waals surface area contributed by atoms with Crippen molar-refractivity contribution < 1.29 is 23.5 Å². The summed E-state index contributed by atoms with van der Waals surface area (Å²) in [5.41, 5.74) is 1.52. The summed E-state index contributed by atoms with van der Waals surface area (Å²) >= 11 is 0. The van der Waals surface area contributed by atoms with Crippen LogP contribution in [0, 0.1) is 0 Å². The Morgan fingerprint density at radius 3 is 2.12 bits per heavy atom. The van der Waals surface area contributed by atoms with E-state index in [1.807, 2.05) is 45.0 Å². The summed E-state index contributed by atoms with van der Waals surface area (Å²) in [6, 6.07) is 9.27. The highest BCUT2D eigenvalue weighted by Crippen LogP contribution is 2.64. The summed E-state index contributed by atoms with van der Waals surface area (Å²) in [5.74, 6) is 2.53. The molecule has 3 rings (SSSR count). The van der Waals surface area contributed by atoms with Gasteiger partial charge in [-0.15, -0.1) is 0 Å². The molecule has 0 saturated heterocycles. The van der Waals surface area contributed by atoms with Crippen LogP contribution in [-0.4, -0.2) is 32.8 Å². The predicted octanol–water partition coefficient (Wildman–Crippen LogP) is 4.52. The molecule has 1 aliphatic heterocycles. The molecule has 5 nitrogen and oxygen atoms in total. The third-order valence-electron chi connectivity index (χ3n) is 4.83. The maximum Gasteiger partial charge on any atom is 0.160 e. The minimum atomic E-state index is -2.83. The normalized spacial score (nSPS) is 18.8. The molecule has 0 amide bonds. The van der Waals surface area contributed by atoms with Crippen molar-refractivity contribution in [3.63, 3.8) is 0 Å². The van der Waals surface area contributed by atoms with Gasteiger partial charge in [-0.2, -0.15) is 0 Å². The fourth-order valence-corrected chi connectivity index (χ4v) is 5.80. The van der Waals surface area contributed by atoms with Crippen LogP contribution in [0.4, 0.5) is 0 Å². The van der Waals surface area contributed by atoms with Gasteiger partial charge in [0.2, 0.25) is 0 Å². The molecule has 2 aromatic carbocycles. The maximum absolute atomic E-state index is 14.0. The summed E-state index contributed by atoms with van der Waals surface area (Å²) in [4.78, 5) is 0. The van der Waals surface area contributed by atoms with Gasteiger partial charge in [0.25, 0.3) is 0 Å². The van der Waals surface area contributed by atoms with E-state index in [0.29, 0.717) is 23.0 Å². The summed E-state index contributed by atoms with van der Waals surface area (Å²) in [5, 5.41) is 0.296. The number of rotatable bonds is 4. The zero-order valence-corrected chi connectivity index (χ0v) is 17.0. The number of hydrogen-bond acceptors (Lipinski definition) is 5. The van der Waals surface area contributed by atoms with E-state index in [9.17, 15) is 4.57 Å². The lowest BCUT2D eigenvalue weighted by Gasteiger charge is -2.28. The molecule has 0 radical (unpaired) electrons. The van der Waals surface area contributed by atoms with Crippen molar-refractivity contribution in [1.82, 2.24) is 0 Å². The van der Waals surface area contributed by atoms with Gasteiger partial charge in [0.15, 0.2) is 7.14 Å². The minimum absolute atomic E-state index is 0.184. The lowest BCUT2D eigenvalue weighted by atomic mass is 10.0. The summed E-state index contributed by atoms with van der Waals surface area (Å²) in [6.07, 6.45) is 0.184. The molecule has 140 valence electrons. The lowest BCUT2D eigenvalue weighted by Crippen LogP contribution is -2.23. The zero-order valence-electron chi connectivity index (χ0n) is 16.1. The zero-order chi connectivity index (χ0) is 19.1. The van der Waals surface area contributed by atoms with Crippen molar-refractivity contribution in [2.24, 2.45) is 0 Å². The smallest absolute Gasteiger partial charge is 0.160 e. The Hall–Kier alpha value is -2.13. The van der Waals surface area contributed by atoms with E-state index < -0.39 is 12.3 Å². The summed E-state index contributed by atoms with van der Waals surface area (Å²) in [7, 11) is 1.99. The third-order valence-corrected chi connectivity index (χ3v) is 8.67. The van der Waals surface area contributed by atoms with E-state index in [0.717, 1.165) is 16.4 Å². The van der Waals surface area contributed by atoms with Crippen molar-refractivity contribution >= 4 is 12.4 Å². The molecule has 2 aromatic rings. The van der Waals surface area contributed by atoms with Gasteiger partial charge in [-0.05, 0) is 18.2 Å². The first-order chi connectivity index (χ1) is 12.3. The molecule has 1 aliphatic rings. The molecule has 0 spiro atoms. The summed E-state index contributed by atoms with van der Waals surface area (Å²) in [6.45, 7) is 5.96. The van der Waals surface area contributed by atoms with Crippen LogP contribution in [0.1, 0.15) is 20.8 Å². The highest BCUT2D eigenvalue weighted by atomic mass is 31.2. The molecule has 0 N–H and O–H groups in total. The first-order valence-electron chi connectivity index (χ1n) is 8.42. The largest absolute Gasteiger partial charge is 0.497 e. The van der Waals surface area contributed by atoms with Gasteiger partial charge in [0.05, 0.1) is 32.2 Å². The van der Waals surface area contributed by atoms with E-state index >= 15 is 0 Å². The average Bonchev–Trinajstić information content (AvgIpc) is 2.98. The van der Waals surface area contributed by atoms with Crippen LogP contribution < -0.4 is 24.3 Å². The molecule has 0 fully saturated rings. The Balaban J connectivity index is 2.41. The van der Waals surface area contributed by atoms with Crippen molar-refractivity contribution in [2.75, 3.05) is 27.7 Å². The molecular weight excluding hydrogens is 351 g/mol. The van der Waals surface area contributed by atoms with E-state index in [-0.39, 0.29) is 6.35 Å². The topological polar surface area (TPSA) is 54.0 Å². The van der Waals surface area contributed by atoms with Crippen LogP contribution in [0.5, 0.6) is 23.0 Å². The Kier molecular flexibility index (Phi) is 4.70. The number of hydrogen-bond donors (Lipinski definition) is 0. The van der Waals surface area contributed by atoms with Crippen molar-refractivity contribution in [1.29, 1.82) is 0 Å². The predicted molar refractivity (Wildman–Crippen MR) is 104 cm³/mol. The fourth-order valence-electron chi connectivity index (χ4n) is 3.24. The van der Waals surface area contributed by atoms with Gasteiger partial charge in [-0.1, -0.05) is 26.8 Å². The molecule has 26 heavy (non-hydrogen) atoms. The standard InChI is InChI=1S/C20H25O5P/c1-20(2,3)26(21)12-25-17-11-13(22-4)10-14(19(17)26)18-15(23-5)8-7-9-16(18)24-6/h7-11H,12H2,1-6H3. The molecule has 0 aromatic heterocycles. The van der Waals surface area contributed by atoms with Crippen LogP contribution in [-0.2, 0) is 4.57 Å². The van der Waals surface area contributed by atoms with Gasteiger partial charge in [0.1, 0.15) is 29.3 Å². The molecule has 1 unspecified atom stereocenters. The second-order valence-corrected chi connectivity index (χ2v) is 10.8. The average molecular weight is 376 g/mol. The van der Waals surface area contributed by atoms with Crippen LogP contribution in [0.25, 0.3) is 11.1 Å². The lowest BCUT2D eigenvalue weighted by molar-refractivity contribution is 0.380. The second kappa shape index (κ2) is 6.55. The Bertz CT molecular complexity index is 860. The quantitative estimate of drug-likeness (QED) is 0.735. The Labute approximate surface area is 154 Å². The molecule has 6 heteroatoms. The van der Waals surface area contributed by atoms with Gasteiger partial charge in [-0.25, -0.2) is 0 Å².